The molecule has 0 radical (unpaired) electrons. The molecule has 7 heteroatoms. The fourth-order valence-electron chi connectivity index (χ4n) is 2.74. The van der Waals surface area contributed by atoms with Crippen molar-refractivity contribution < 1.29 is 13.2 Å². The second kappa shape index (κ2) is 7.31. The lowest BCUT2D eigenvalue weighted by molar-refractivity contribution is 0.166. The largest absolute Gasteiger partial charge is 0.331 e. The number of nitrogens with zero attached hydrogens (tertiary/aromatic N) is 2. The van der Waals surface area contributed by atoms with Crippen LogP contribution in [-0.4, -0.2) is 56.1 Å². The lowest BCUT2D eigenvalue weighted by Gasteiger charge is -2.35. The molecule has 0 bridgehead atoms. The maximum absolute atomic E-state index is 12.5. The fraction of sp³-hybridized carbons (Fsp3) is 0.562. The monoisotopic (exact) mass is 339 g/mol. The summed E-state index contributed by atoms with van der Waals surface area (Å²) >= 11 is 0. The van der Waals surface area contributed by atoms with Crippen molar-refractivity contribution in [2.45, 2.75) is 19.9 Å². The van der Waals surface area contributed by atoms with Gasteiger partial charge < -0.3 is 10.2 Å². The van der Waals surface area contributed by atoms with Crippen molar-refractivity contribution in [2.24, 2.45) is 5.92 Å². The topological polar surface area (TPSA) is 69.7 Å². The first-order valence-corrected chi connectivity index (χ1v) is 9.69. The molecule has 1 aromatic rings. The van der Waals surface area contributed by atoms with Crippen molar-refractivity contribution in [1.29, 1.82) is 0 Å². The number of benzene rings is 1. The summed E-state index contributed by atoms with van der Waals surface area (Å²) in [4.78, 5) is 14.2. The maximum atomic E-state index is 12.5. The van der Waals surface area contributed by atoms with Gasteiger partial charge in [-0.25, -0.2) is 13.2 Å². The van der Waals surface area contributed by atoms with Gasteiger partial charge in [-0.15, -0.1) is 0 Å². The van der Waals surface area contributed by atoms with E-state index in [4.69, 9.17) is 0 Å². The van der Waals surface area contributed by atoms with Crippen LogP contribution in [-0.2, 0) is 10.0 Å². The highest BCUT2D eigenvalue weighted by Gasteiger charge is 2.27. The van der Waals surface area contributed by atoms with Gasteiger partial charge in [0.25, 0.3) is 0 Å². The summed E-state index contributed by atoms with van der Waals surface area (Å²) in [6, 6.07) is 9.69. The Morgan fingerprint density at radius 3 is 2.13 bits per heavy atom. The van der Waals surface area contributed by atoms with E-state index in [1.165, 1.54) is 10.6 Å². The standard InChI is InChI=1S/C16H25N3O3S/c1-13(2)15(14-7-5-4-6-8-14)17-16(20)18-9-11-19(12-10-18)23(3,21)22/h4-8,13,15H,9-12H2,1-3H3,(H,17,20). The van der Waals surface area contributed by atoms with E-state index in [1.807, 2.05) is 30.3 Å². The Labute approximate surface area is 138 Å². The number of sulfonamides is 1. The van der Waals surface area contributed by atoms with E-state index in [-0.39, 0.29) is 18.0 Å². The zero-order valence-electron chi connectivity index (χ0n) is 13.9. The van der Waals surface area contributed by atoms with Crippen LogP contribution >= 0.6 is 0 Å². The highest BCUT2D eigenvalue weighted by atomic mass is 32.2. The molecular formula is C16H25N3O3S. The molecule has 1 aliphatic rings. The summed E-state index contributed by atoms with van der Waals surface area (Å²) in [5.41, 5.74) is 1.07. The number of amides is 2. The number of nitrogens with one attached hydrogen (secondary N) is 1. The molecule has 1 heterocycles. The summed E-state index contributed by atoms with van der Waals surface area (Å²) < 4.78 is 24.5. The zero-order chi connectivity index (χ0) is 17.0. The number of hydrogen-bond acceptors (Lipinski definition) is 3. The van der Waals surface area contributed by atoms with Gasteiger partial charge in [-0.05, 0) is 11.5 Å². The summed E-state index contributed by atoms with van der Waals surface area (Å²) in [6.45, 7) is 5.67. The van der Waals surface area contributed by atoms with Gasteiger partial charge in [-0.2, -0.15) is 4.31 Å². The van der Waals surface area contributed by atoms with Gasteiger partial charge in [0, 0.05) is 26.2 Å². The zero-order valence-corrected chi connectivity index (χ0v) is 14.7. The lowest BCUT2D eigenvalue weighted by Crippen LogP contribution is -2.53. The number of carbonyl (C=O) groups excluding carboxylic acids is 1. The number of urea groups is 1. The second-order valence-corrected chi connectivity index (χ2v) is 8.21. The normalized spacial score (nSPS) is 18.0. The molecule has 0 aliphatic carbocycles. The Kier molecular flexibility index (Phi) is 5.64. The summed E-state index contributed by atoms with van der Waals surface area (Å²) in [5.74, 6) is 0.263. The van der Waals surface area contributed by atoms with Crippen molar-refractivity contribution >= 4 is 16.1 Å². The first-order valence-electron chi connectivity index (χ1n) is 7.84. The van der Waals surface area contributed by atoms with Gasteiger partial charge in [-0.1, -0.05) is 44.2 Å². The van der Waals surface area contributed by atoms with Crippen LogP contribution in [0.1, 0.15) is 25.5 Å². The van der Waals surface area contributed by atoms with E-state index < -0.39 is 10.0 Å². The molecule has 2 amide bonds. The highest BCUT2D eigenvalue weighted by Crippen LogP contribution is 2.21. The predicted octanol–water partition coefficient (Wildman–Crippen LogP) is 1.67. The van der Waals surface area contributed by atoms with Gasteiger partial charge in [-0.3, -0.25) is 0 Å². The van der Waals surface area contributed by atoms with Crippen LogP contribution in [0.2, 0.25) is 0 Å². The number of rotatable bonds is 4. The fourth-order valence-corrected chi connectivity index (χ4v) is 3.57. The van der Waals surface area contributed by atoms with Crippen LogP contribution in [0.5, 0.6) is 0 Å². The summed E-state index contributed by atoms with van der Waals surface area (Å²) in [5, 5.41) is 3.08. The van der Waals surface area contributed by atoms with Gasteiger partial charge in [0.15, 0.2) is 0 Å². The summed E-state index contributed by atoms with van der Waals surface area (Å²) in [7, 11) is -3.18. The third-order valence-corrected chi connectivity index (χ3v) is 5.40. The van der Waals surface area contributed by atoms with Crippen molar-refractivity contribution in [1.82, 2.24) is 14.5 Å². The minimum Gasteiger partial charge on any atom is -0.331 e. The molecular weight excluding hydrogens is 314 g/mol. The van der Waals surface area contributed by atoms with Crippen molar-refractivity contribution in [2.75, 3.05) is 32.4 Å². The van der Waals surface area contributed by atoms with Gasteiger partial charge >= 0.3 is 6.03 Å². The molecule has 0 saturated carbocycles. The molecule has 2 rings (SSSR count). The van der Waals surface area contributed by atoms with Crippen LogP contribution < -0.4 is 5.32 Å². The van der Waals surface area contributed by atoms with Gasteiger partial charge in [0.2, 0.25) is 10.0 Å². The van der Waals surface area contributed by atoms with E-state index in [0.29, 0.717) is 26.2 Å². The molecule has 6 nitrogen and oxygen atoms in total. The van der Waals surface area contributed by atoms with Crippen LogP contribution in [0.25, 0.3) is 0 Å². The quantitative estimate of drug-likeness (QED) is 0.907. The van der Waals surface area contributed by atoms with Crippen molar-refractivity contribution in [3.05, 3.63) is 35.9 Å². The molecule has 0 aromatic heterocycles. The van der Waals surface area contributed by atoms with Crippen LogP contribution in [0.4, 0.5) is 4.79 Å². The molecule has 128 valence electrons. The molecule has 0 spiro atoms. The molecule has 1 aromatic carbocycles. The van der Waals surface area contributed by atoms with Crippen LogP contribution in [0.15, 0.2) is 30.3 Å². The smallest absolute Gasteiger partial charge is 0.317 e. The predicted molar refractivity (Wildman–Crippen MR) is 90.5 cm³/mol. The number of carbonyl (C=O) groups is 1. The minimum atomic E-state index is -3.18. The van der Waals surface area contributed by atoms with E-state index in [2.05, 4.69) is 19.2 Å². The third-order valence-electron chi connectivity index (χ3n) is 4.10. The van der Waals surface area contributed by atoms with E-state index in [9.17, 15) is 13.2 Å². The Hall–Kier alpha value is -1.60. The molecule has 1 fully saturated rings. The average molecular weight is 339 g/mol. The van der Waals surface area contributed by atoms with Crippen LogP contribution in [0.3, 0.4) is 0 Å². The Morgan fingerprint density at radius 2 is 1.65 bits per heavy atom. The molecule has 23 heavy (non-hydrogen) atoms. The molecule has 1 atom stereocenters. The highest BCUT2D eigenvalue weighted by molar-refractivity contribution is 7.88. The second-order valence-electron chi connectivity index (χ2n) is 6.23. The minimum absolute atomic E-state index is 0.0587. The van der Waals surface area contributed by atoms with E-state index >= 15 is 0 Å². The van der Waals surface area contributed by atoms with E-state index in [0.717, 1.165) is 5.56 Å². The Bertz CT molecular complexity index is 623. The SMILES string of the molecule is CC(C)C(NC(=O)N1CCN(S(C)(=O)=O)CC1)c1ccccc1. The third kappa shape index (κ3) is 4.68. The first kappa shape index (κ1) is 17.7. The lowest BCUT2D eigenvalue weighted by atomic mass is 9.96. The number of hydrogen-bond donors (Lipinski definition) is 1. The van der Waals surface area contributed by atoms with Crippen molar-refractivity contribution in [3.63, 3.8) is 0 Å². The van der Waals surface area contributed by atoms with Gasteiger partial charge in [0.05, 0.1) is 12.3 Å². The number of piperazine rings is 1. The molecule has 1 unspecified atom stereocenters. The molecule has 1 aliphatic heterocycles. The Morgan fingerprint density at radius 1 is 1.09 bits per heavy atom. The Balaban J connectivity index is 1.98. The van der Waals surface area contributed by atoms with Crippen LogP contribution in [0, 0.1) is 5.92 Å². The van der Waals surface area contributed by atoms with Crippen molar-refractivity contribution in [3.8, 4) is 0 Å². The first-order chi connectivity index (χ1) is 10.8. The maximum Gasteiger partial charge on any atom is 0.317 e. The van der Waals surface area contributed by atoms with Gasteiger partial charge in [0.1, 0.15) is 0 Å². The average Bonchev–Trinajstić information content (AvgIpc) is 2.52. The summed E-state index contributed by atoms with van der Waals surface area (Å²) in [6.07, 6.45) is 1.20. The molecule has 1 N–H and O–H groups in total. The molecule has 1 saturated heterocycles. The van der Waals surface area contributed by atoms with E-state index in [1.54, 1.807) is 4.90 Å².